The van der Waals surface area contributed by atoms with Crippen LogP contribution < -0.4 is 10.9 Å². The van der Waals surface area contributed by atoms with E-state index in [2.05, 4.69) is 10.3 Å². The minimum atomic E-state index is -4.78. The molecule has 0 bridgehead atoms. The molecule has 0 radical (unpaired) electrons. The number of alkyl halides is 3. The van der Waals surface area contributed by atoms with E-state index in [0.29, 0.717) is 10.7 Å². The number of anilines is 1. The van der Waals surface area contributed by atoms with Crippen molar-refractivity contribution in [1.29, 1.82) is 0 Å². The van der Waals surface area contributed by atoms with Crippen LogP contribution in [0.3, 0.4) is 0 Å². The second kappa shape index (κ2) is 6.16. The number of aryl methyl sites for hydroxylation is 1. The number of H-pyrrole nitrogens is 1. The number of aromatic amines is 1. The summed E-state index contributed by atoms with van der Waals surface area (Å²) in [6.45, 7) is 1.45. The van der Waals surface area contributed by atoms with Crippen LogP contribution in [-0.2, 0) is 6.18 Å². The predicted octanol–water partition coefficient (Wildman–Crippen LogP) is 4.22. The zero-order chi connectivity index (χ0) is 18.4. The van der Waals surface area contributed by atoms with Crippen LogP contribution in [0.1, 0.15) is 21.1 Å². The Morgan fingerprint density at radius 2 is 1.92 bits per heavy atom. The smallest absolute Gasteiger partial charge is 0.321 e. The lowest BCUT2D eigenvalue weighted by atomic mass is 10.2. The van der Waals surface area contributed by atoms with Gasteiger partial charge >= 0.3 is 6.18 Å². The highest BCUT2D eigenvalue weighted by atomic mass is 35.5. The van der Waals surface area contributed by atoms with Crippen LogP contribution in [0.2, 0.25) is 5.02 Å². The number of nitrogens with one attached hydrogen (secondary N) is 2. The van der Waals surface area contributed by atoms with E-state index in [9.17, 15) is 22.8 Å². The average Bonchev–Trinajstić information content (AvgIpc) is 2.87. The number of benzene rings is 1. The highest BCUT2D eigenvalue weighted by Crippen LogP contribution is 2.31. The Hall–Kier alpha value is -2.39. The fourth-order valence-corrected chi connectivity index (χ4v) is 3.33. The molecule has 1 amide bonds. The van der Waals surface area contributed by atoms with Gasteiger partial charge in [-0.05, 0) is 36.8 Å². The maximum Gasteiger partial charge on any atom is 0.449 e. The van der Waals surface area contributed by atoms with Crippen LogP contribution in [-0.4, -0.2) is 15.9 Å². The summed E-state index contributed by atoms with van der Waals surface area (Å²) in [7, 11) is 0. The quantitative estimate of drug-likeness (QED) is 0.691. The van der Waals surface area contributed by atoms with Gasteiger partial charge in [-0.25, -0.2) is 4.98 Å². The van der Waals surface area contributed by atoms with Crippen LogP contribution in [0.4, 0.5) is 18.9 Å². The van der Waals surface area contributed by atoms with Crippen LogP contribution >= 0.6 is 22.9 Å². The third-order valence-corrected chi connectivity index (χ3v) is 4.88. The van der Waals surface area contributed by atoms with Gasteiger partial charge in [0.1, 0.15) is 4.70 Å². The number of amides is 1. The molecule has 2 aromatic heterocycles. The van der Waals surface area contributed by atoms with Gasteiger partial charge in [0.05, 0.1) is 10.4 Å². The van der Waals surface area contributed by atoms with Gasteiger partial charge in [0.25, 0.3) is 11.5 Å². The first-order chi connectivity index (χ1) is 11.7. The molecule has 0 saturated heterocycles. The number of carbonyl (C=O) groups is 1. The molecule has 2 heterocycles. The minimum absolute atomic E-state index is 0.0354. The molecule has 0 atom stereocenters. The molecule has 1 aromatic carbocycles. The number of thiophene rings is 1. The molecule has 0 aliphatic carbocycles. The molecule has 10 heteroatoms. The molecule has 0 saturated carbocycles. The number of aromatic nitrogens is 2. The molecule has 0 aliphatic heterocycles. The molecule has 2 N–H and O–H groups in total. The number of nitrogens with zero attached hydrogens (tertiary/aromatic N) is 1. The zero-order valence-electron chi connectivity index (χ0n) is 12.5. The number of hydrogen-bond donors (Lipinski definition) is 2. The summed E-state index contributed by atoms with van der Waals surface area (Å²) in [6.07, 6.45) is -4.78. The number of fused-ring (bicyclic) bond motifs is 1. The van der Waals surface area contributed by atoms with E-state index < -0.39 is 23.5 Å². The van der Waals surface area contributed by atoms with Crippen molar-refractivity contribution in [2.24, 2.45) is 0 Å². The molecule has 0 spiro atoms. The Morgan fingerprint density at radius 3 is 2.52 bits per heavy atom. The summed E-state index contributed by atoms with van der Waals surface area (Å²) in [6, 6.07) is 6.32. The predicted molar refractivity (Wildman–Crippen MR) is 89.4 cm³/mol. The Bertz CT molecular complexity index is 1030. The van der Waals surface area contributed by atoms with E-state index in [4.69, 9.17) is 11.6 Å². The van der Waals surface area contributed by atoms with Gasteiger partial charge < -0.3 is 10.3 Å². The largest absolute Gasteiger partial charge is 0.449 e. The molecule has 130 valence electrons. The van der Waals surface area contributed by atoms with Crippen LogP contribution in [0.25, 0.3) is 10.2 Å². The van der Waals surface area contributed by atoms with Crippen molar-refractivity contribution in [2.75, 3.05) is 5.32 Å². The first-order valence-electron chi connectivity index (χ1n) is 6.84. The maximum atomic E-state index is 12.8. The first kappa shape index (κ1) is 17.4. The lowest BCUT2D eigenvalue weighted by Gasteiger charge is -2.05. The van der Waals surface area contributed by atoms with E-state index in [0.717, 1.165) is 11.3 Å². The molecule has 0 aliphatic rings. The van der Waals surface area contributed by atoms with Crippen molar-refractivity contribution in [3.63, 3.8) is 0 Å². The normalized spacial score (nSPS) is 11.7. The third kappa shape index (κ3) is 3.38. The van der Waals surface area contributed by atoms with E-state index >= 15 is 0 Å². The zero-order valence-corrected chi connectivity index (χ0v) is 14.1. The van der Waals surface area contributed by atoms with Crippen molar-refractivity contribution in [3.8, 4) is 0 Å². The van der Waals surface area contributed by atoms with E-state index in [1.165, 1.54) is 6.92 Å². The minimum Gasteiger partial charge on any atom is -0.321 e. The highest BCUT2D eigenvalue weighted by Gasteiger charge is 2.35. The highest BCUT2D eigenvalue weighted by molar-refractivity contribution is 7.21. The Balaban J connectivity index is 2.03. The summed E-state index contributed by atoms with van der Waals surface area (Å²) in [5, 5.41) is 3.09. The summed E-state index contributed by atoms with van der Waals surface area (Å²) in [5.74, 6) is -1.94. The molecular formula is C15H9ClF3N3O2S. The second-order valence-corrected chi connectivity index (χ2v) is 6.56. The van der Waals surface area contributed by atoms with Gasteiger partial charge in [-0.2, -0.15) is 13.2 Å². The van der Waals surface area contributed by atoms with Crippen LogP contribution in [0, 0.1) is 6.92 Å². The SMILES string of the molecule is Cc1c(C(=O)Nc2ccc(Cl)cc2)sc2c(=O)[nH]c(C(F)(F)F)nc12. The van der Waals surface area contributed by atoms with Crippen LogP contribution in [0.5, 0.6) is 0 Å². The van der Waals surface area contributed by atoms with E-state index in [1.54, 1.807) is 29.2 Å². The third-order valence-electron chi connectivity index (χ3n) is 3.35. The lowest BCUT2D eigenvalue weighted by Crippen LogP contribution is -2.18. The van der Waals surface area contributed by atoms with Gasteiger partial charge in [0.15, 0.2) is 0 Å². The molecular weight excluding hydrogens is 379 g/mol. The number of halogens is 4. The fourth-order valence-electron chi connectivity index (χ4n) is 2.17. The van der Waals surface area contributed by atoms with Crippen molar-refractivity contribution >= 4 is 44.7 Å². The van der Waals surface area contributed by atoms with Gasteiger partial charge in [-0.15, -0.1) is 11.3 Å². The van der Waals surface area contributed by atoms with Crippen molar-refractivity contribution in [2.45, 2.75) is 13.1 Å². The Morgan fingerprint density at radius 1 is 1.28 bits per heavy atom. The van der Waals surface area contributed by atoms with Gasteiger partial charge in [-0.3, -0.25) is 9.59 Å². The standard InChI is InChI=1S/C15H9ClF3N3O2S/c1-6-9-11(13(24)22-14(21-9)15(17,18)19)25-10(6)12(23)20-8-4-2-7(16)3-5-8/h2-5H,1H3,(H,20,23)(H,21,22,24). The van der Waals surface area contributed by atoms with Crippen LogP contribution in [0.15, 0.2) is 29.1 Å². The Kier molecular flexibility index (Phi) is 4.29. The first-order valence-corrected chi connectivity index (χ1v) is 8.04. The summed E-state index contributed by atoms with van der Waals surface area (Å²) in [5.41, 5.74) is -0.398. The van der Waals surface area contributed by atoms with Gasteiger partial charge in [0, 0.05) is 10.7 Å². The fraction of sp³-hybridized carbons (Fsp3) is 0.133. The topological polar surface area (TPSA) is 74.8 Å². The molecule has 0 unspecified atom stereocenters. The molecule has 25 heavy (non-hydrogen) atoms. The van der Waals surface area contributed by atoms with E-state index in [1.807, 2.05) is 0 Å². The number of rotatable bonds is 2. The second-order valence-electron chi connectivity index (χ2n) is 5.11. The van der Waals surface area contributed by atoms with Gasteiger partial charge in [-0.1, -0.05) is 11.6 Å². The number of carbonyl (C=O) groups excluding carboxylic acids is 1. The lowest BCUT2D eigenvalue weighted by molar-refractivity contribution is -0.144. The molecule has 5 nitrogen and oxygen atoms in total. The van der Waals surface area contributed by atoms with E-state index in [-0.39, 0.29) is 20.7 Å². The monoisotopic (exact) mass is 387 g/mol. The molecule has 3 rings (SSSR count). The Labute approximate surface area is 147 Å². The van der Waals surface area contributed by atoms with Gasteiger partial charge in [0.2, 0.25) is 5.82 Å². The average molecular weight is 388 g/mol. The maximum absolute atomic E-state index is 12.8. The summed E-state index contributed by atoms with van der Waals surface area (Å²) < 4.78 is 38.3. The summed E-state index contributed by atoms with van der Waals surface area (Å²) >= 11 is 6.55. The summed E-state index contributed by atoms with van der Waals surface area (Å²) in [4.78, 5) is 29.6. The molecule has 0 fully saturated rings. The molecule has 3 aromatic rings. The van der Waals surface area contributed by atoms with Crippen molar-refractivity contribution < 1.29 is 18.0 Å². The van der Waals surface area contributed by atoms with Crippen molar-refractivity contribution in [3.05, 3.63) is 55.9 Å². The number of hydrogen-bond acceptors (Lipinski definition) is 4. The van der Waals surface area contributed by atoms with Crippen molar-refractivity contribution in [1.82, 2.24) is 9.97 Å².